The lowest BCUT2D eigenvalue weighted by Gasteiger charge is -2.22. The molecule has 6 nitrogen and oxygen atoms in total. The summed E-state index contributed by atoms with van der Waals surface area (Å²) in [6.07, 6.45) is 3.63. The summed E-state index contributed by atoms with van der Waals surface area (Å²) < 4.78 is 5.54. The summed E-state index contributed by atoms with van der Waals surface area (Å²) in [6, 6.07) is 7.71. The van der Waals surface area contributed by atoms with Crippen LogP contribution in [-0.4, -0.2) is 29.1 Å². The number of carbonyl (C=O) groups excluding carboxylic acids is 1. The summed E-state index contributed by atoms with van der Waals surface area (Å²) in [7, 11) is 0. The normalized spacial score (nSPS) is 24.6. The van der Waals surface area contributed by atoms with Crippen LogP contribution in [0.5, 0.6) is 0 Å². The molecule has 134 valence electrons. The fourth-order valence-corrected chi connectivity index (χ4v) is 4.01. The van der Waals surface area contributed by atoms with Crippen LogP contribution in [-0.2, 0) is 16.6 Å². The van der Waals surface area contributed by atoms with Gasteiger partial charge < -0.3 is 15.2 Å². The van der Waals surface area contributed by atoms with Gasteiger partial charge in [0.1, 0.15) is 0 Å². The second-order valence-electron chi connectivity index (χ2n) is 6.98. The topological polar surface area (TPSA) is 80.0 Å². The van der Waals surface area contributed by atoms with Crippen LogP contribution >= 0.6 is 12.4 Å². The van der Waals surface area contributed by atoms with Gasteiger partial charge in [0.2, 0.25) is 11.8 Å². The van der Waals surface area contributed by atoms with E-state index in [2.05, 4.69) is 20.8 Å². The van der Waals surface area contributed by atoms with E-state index in [4.69, 9.17) is 4.52 Å². The Kier molecular flexibility index (Phi) is 5.11. The summed E-state index contributed by atoms with van der Waals surface area (Å²) in [5, 5.41) is 10.3. The fourth-order valence-electron chi connectivity index (χ4n) is 4.01. The van der Waals surface area contributed by atoms with Gasteiger partial charge in [-0.05, 0) is 44.4 Å². The molecule has 2 atom stereocenters. The van der Waals surface area contributed by atoms with E-state index in [1.54, 1.807) is 0 Å². The Hall–Kier alpha value is -1.92. The van der Waals surface area contributed by atoms with Crippen LogP contribution in [0.1, 0.15) is 36.5 Å². The van der Waals surface area contributed by atoms with Gasteiger partial charge in [-0.2, -0.15) is 4.98 Å². The molecule has 7 heteroatoms. The highest BCUT2D eigenvalue weighted by Crippen LogP contribution is 2.47. The van der Waals surface area contributed by atoms with Crippen molar-refractivity contribution in [3.05, 3.63) is 41.5 Å². The Bertz CT molecular complexity index is 734. The van der Waals surface area contributed by atoms with Crippen LogP contribution in [0.3, 0.4) is 0 Å². The average molecular weight is 363 g/mol. The van der Waals surface area contributed by atoms with Gasteiger partial charge in [0.15, 0.2) is 5.82 Å². The smallest absolute Gasteiger partial charge is 0.234 e. The summed E-state index contributed by atoms with van der Waals surface area (Å²) in [4.78, 5) is 16.7. The van der Waals surface area contributed by atoms with Crippen molar-refractivity contribution in [1.82, 2.24) is 15.5 Å². The number of nitrogens with one attached hydrogen (secondary N) is 2. The molecule has 1 aromatic carbocycles. The van der Waals surface area contributed by atoms with Crippen LogP contribution < -0.4 is 10.6 Å². The van der Waals surface area contributed by atoms with E-state index in [-0.39, 0.29) is 30.2 Å². The van der Waals surface area contributed by atoms with Crippen molar-refractivity contribution in [2.45, 2.75) is 38.0 Å². The molecule has 1 amide bonds. The molecule has 0 radical (unpaired) electrons. The van der Waals surface area contributed by atoms with Gasteiger partial charge in [-0.1, -0.05) is 29.3 Å². The molecular weight excluding hydrogens is 340 g/mol. The third-order valence-electron chi connectivity index (χ3n) is 5.34. The number of halogens is 1. The molecule has 25 heavy (non-hydrogen) atoms. The fraction of sp³-hybridized carbons (Fsp3) is 0.500. The molecule has 1 saturated heterocycles. The van der Waals surface area contributed by atoms with Crippen molar-refractivity contribution >= 4 is 24.0 Å². The summed E-state index contributed by atoms with van der Waals surface area (Å²) in [6.45, 7) is 3.93. The molecule has 0 spiro atoms. The van der Waals surface area contributed by atoms with Gasteiger partial charge in [0, 0.05) is 12.2 Å². The summed E-state index contributed by atoms with van der Waals surface area (Å²) in [5.74, 6) is 1.61. The zero-order valence-corrected chi connectivity index (χ0v) is 15.1. The van der Waals surface area contributed by atoms with Crippen LogP contribution in [0.15, 0.2) is 28.8 Å². The standard InChI is InChI=1S/C18H22N4O2.ClH/c1-12-4-6-14(7-5-12)20-16(23)9-15-21-17(24-22-15)18-8-2-3-13(18)10-19-11-18;/h4-7,13,19H,2-3,8-11H2,1H3,(H,20,23);1H/t13-,18-;/m1./s1. The van der Waals surface area contributed by atoms with Crippen molar-refractivity contribution < 1.29 is 9.32 Å². The number of nitrogens with zero attached hydrogens (tertiary/aromatic N) is 2. The van der Waals surface area contributed by atoms with Gasteiger partial charge in [-0.25, -0.2) is 0 Å². The van der Waals surface area contributed by atoms with Crippen LogP contribution in [0.4, 0.5) is 5.69 Å². The molecule has 1 saturated carbocycles. The number of aromatic nitrogens is 2. The van der Waals surface area contributed by atoms with E-state index in [0.717, 1.165) is 30.8 Å². The van der Waals surface area contributed by atoms with Crippen LogP contribution in [0, 0.1) is 12.8 Å². The number of aryl methyl sites for hydroxylation is 1. The Labute approximate surface area is 153 Å². The van der Waals surface area contributed by atoms with Crippen LogP contribution in [0.25, 0.3) is 0 Å². The maximum atomic E-state index is 12.2. The first-order chi connectivity index (χ1) is 11.7. The Morgan fingerprint density at radius 1 is 1.40 bits per heavy atom. The average Bonchev–Trinajstić information content (AvgIpc) is 3.24. The highest BCUT2D eigenvalue weighted by Gasteiger charge is 2.51. The van der Waals surface area contributed by atoms with E-state index in [1.165, 1.54) is 12.8 Å². The van der Waals surface area contributed by atoms with Crippen molar-refractivity contribution in [1.29, 1.82) is 0 Å². The molecule has 4 rings (SSSR count). The highest BCUT2D eigenvalue weighted by molar-refractivity contribution is 5.91. The summed E-state index contributed by atoms with van der Waals surface area (Å²) >= 11 is 0. The van der Waals surface area contributed by atoms with E-state index in [0.29, 0.717) is 17.6 Å². The minimum absolute atomic E-state index is 0. The predicted molar refractivity (Wildman–Crippen MR) is 96.9 cm³/mol. The molecule has 2 N–H and O–H groups in total. The van der Waals surface area contributed by atoms with Crippen LogP contribution in [0.2, 0.25) is 0 Å². The van der Waals surface area contributed by atoms with Crippen molar-refractivity contribution in [2.75, 3.05) is 18.4 Å². The zero-order valence-electron chi connectivity index (χ0n) is 14.2. The Morgan fingerprint density at radius 2 is 2.20 bits per heavy atom. The number of anilines is 1. The molecule has 2 heterocycles. The molecular formula is C18H23ClN4O2. The minimum atomic E-state index is -0.128. The first kappa shape index (κ1) is 17.9. The molecule has 2 aliphatic rings. The SMILES string of the molecule is Cc1ccc(NC(=O)Cc2noc([C@@]34CCC[C@@H]3CNC4)n2)cc1.Cl. The Balaban J connectivity index is 0.00000182. The molecule has 2 fully saturated rings. The lowest BCUT2D eigenvalue weighted by molar-refractivity contribution is -0.115. The van der Waals surface area contributed by atoms with Gasteiger partial charge in [0.05, 0.1) is 11.8 Å². The summed E-state index contributed by atoms with van der Waals surface area (Å²) in [5.41, 5.74) is 1.92. The first-order valence-electron chi connectivity index (χ1n) is 8.56. The van der Waals surface area contributed by atoms with E-state index in [9.17, 15) is 4.79 Å². The number of hydrogen-bond acceptors (Lipinski definition) is 5. The maximum Gasteiger partial charge on any atom is 0.234 e. The molecule has 1 aliphatic heterocycles. The highest BCUT2D eigenvalue weighted by atomic mass is 35.5. The number of amides is 1. The monoisotopic (exact) mass is 362 g/mol. The number of benzene rings is 1. The van der Waals surface area contributed by atoms with Gasteiger partial charge in [-0.15, -0.1) is 12.4 Å². The number of hydrogen-bond donors (Lipinski definition) is 2. The van der Waals surface area contributed by atoms with Crippen molar-refractivity contribution in [3.8, 4) is 0 Å². The van der Waals surface area contributed by atoms with Crippen molar-refractivity contribution in [3.63, 3.8) is 0 Å². The maximum absolute atomic E-state index is 12.2. The second-order valence-corrected chi connectivity index (χ2v) is 6.98. The molecule has 2 aromatic rings. The molecule has 0 bridgehead atoms. The zero-order chi connectivity index (χ0) is 16.6. The first-order valence-corrected chi connectivity index (χ1v) is 8.56. The molecule has 1 aromatic heterocycles. The third-order valence-corrected chi connectivity index (χ3v) is 5.34. The lowest BCUT2D eigenvalue weighted by atomic mass is 9.80. The number of fused-ring (bicyclic) bond motifs is 1. The number of rotatable bonds is 4. The predicted octanol–water partition coefficient (Wildman–Crippen LogP) is 2.62. The minimum Gasteiger partial charge on any atom is -0.339 e. The molecule has 0 unspecified atom stereocenters. The number of carbonyl (C=O) groups is 1. The van der Waals surface area contributed by atoms with E-state index < -0.39 is 0 Å². The Morgan fingerprint density at radius 3 is 3.00 bits per heavy atom. The van der Waals surface area contributed by atoms with E-state index in [1.807, 2.05) is 31.2 Å². The second kappa shape index (κ2) is 7.14. The van der Waals surface area contributed by atoms with Gasteiger partial charge in [0.25, 0.3) is 0 Å². The largest absolute Gasteiger partial charge is 0.339 e. The lowest BCUT2D eigenvalue weighted by Crippen LogP contribution is -2.31. The van der Waals surface area contributed by atoms with Gasteiger partial charge >= 0.3 is 0 Å². The molecule has 1 aliphatic carbocycles. The quantitative estimate of drug-likeness (QED) is 0.873. The van der Waals surface area contributed by atoms with Gasteiger partial charge in [-0.3, -0.25) is 4.79 Å². The van der Waals surface area contributed by atoms with E-state index >= 15 is 0 Å². The third kappa shape index (κ3) is 3.41. The van der Waals surface area contributed by atoms with Crippen molar-refractivity contribution in [2.24, 2.45) is 5.92 Å².